The molecule has 3 nitrogen and oxygen atoms in total. The summed E-state index contributed by atoms with van der Waals surface area (Å²) in [6.45, 7) is 6.50. The normalized spacial score (nSPS) is 20.7. The largest absolute Gasteiger partial charge is 0.336 e. The minimum atomic E-state index is -0.0429. The number of carbonyl (C=O) groups is 1. The minimum absolute atomic E-state index is 0.0429. The number of piperazine rings is 1. The third-order valence-electron chi connectivity index (χ3n) is 3.32. The molecule has 1 fully saturated rings. The summed E-state index contributed by atoms with van der Waals surface area (Å²) in [5.41, 5.74) is 2.55. The second-order valence-electron chi connectivity index (χ2n) is 4.61. The van der Waals surface area contributed by atoms with Crippen LogP contribution in [0, 0.1) is 0 Å². The van der Waals surface area contributed by atoms with Gasteiger partial charge < -0.3 is 10.2 Å². The van der Waals surface area contributed by atoms with Gasteiger partial charge in [0.2, 0.25) is 5.91 Å². The van der Waals surface area contributed by atoms with Crippen molar-refractivity contribution in [3.63, 3.8) is 0 Å². The second kappa shape index (κ2) is 5.32. The second-order valence-corrected chi connectivity index (χ2v) is 4.61. The van der Waals surface area contributed by atoms with Crippen molar-refractivity contribution in [3.05, 3.63) is 35.4 Å². The van der Waals surface area contributed by atoms with E-state index in [4.69, 9.17) is 0 Å². The maximum atomic E-state index is 11.9. The number of hydrogen-bond donors (Lipinski definition) is 1. The molecule has 17 heavy (non-hydrogen) atoms. The Morgan fingerprint density at radius 2 is 1.94 bits per heavy atom. The van der Waals surface area contributed by atoms with Crippen LogP contribution in [-0.4, -0.2) is 29.9 Å². The van der Waals surface area contributed by atoms with E-state index >= 15 is 0 Å². The molecule has 1 unspecified atom stereocenters. The zero-order valence-electron chi connectivity index (χ0n) is 10.6. The first-order valence-electron chi connectivity index (χ1n) is 6.30. The monoisotopic (exact) mass is 232 g/mol. The van der Waals surface area contributed by atoms with Crippen LogP contribution in [0.3, 0.4) is 0 Å². The van der Waals surface area contributed by atoms with Gasteiger partial charge in [-0.15, -0.1) is 0 Å². The number of aryl methyl sites for hydroxylation is 1. The highest BCUT2D eigenvalue weighted by molar-refractivity contribution is 5.82. The Morgan fingerprint density at radius 3 is 2.59 bits per heavy atom. The van der Waals surface area contributed by atoms with Crippen LogP contribution in [-0.2, 0) is 17.8 Å². The average Bonchev–Trinajstić information content (AvgIpc) is 2.36. The Balaban J connectivity index is 2.01. The summed E-state index contributed by atoms with van der Waals surface area (Å²) in [5, 5.41) is 3.17. The Bertz CT molecular complexity index is 386. The molecule has 3 heteroatoms. The molecule has 92 valence electrons. The number of nitrogens with zero attached hydrogens (tertiary/aromatic N) is 1. The van der Waals surface area contributed by atoms with Crippen LogP contribution in [0.1, 0.15) is 25.0 Å². The lowest BCUT2D eigenvalue weighted by molar-refractivity contribution is -0.135. The van der Waals surface area contributed by atoms with Crippen LogP contribution < -0.4 is 5.32 Å². The van der Waals surface area contributed by atoms with Gasteiger partial charge in [-0.25, -0.2) is 0 Å². The summed E-state index contributed by atoms with van der Waals surface area (Å²) in [6, 6.07) is 8.49. The van der Waals surface area contributed by atoms with Gasteiger partial charge in [-0.2, -0.15) is 0 Å². The van der Waals surface area contributed by atoms with Crippen molar-refractivity contribution in [2.45, 2.75) is 32.9 Å². The van der Waals surface area contributed by atoms with Gasteiger partial charge in [0.1, 0.15) is 0 Å². The molecular weight excluding hydrogens is 212 g/mol. The highest BCUT2D eigenvalue weighted by Gasteiger charge is 2.24. The van der Waals surface area contributed by atoms with Gasteiger partial charge in [-0.1, -0.05) is 31.2 Å². The zero-order chi connectivity index (χ0) is 12.3. The van der Waals surface area contributed by atoms with E-state index in [-0.39, 0.29) is 11.9 Å². The highest BCUT2D eigenvalue weighted by atomic mass is 16.2. The van der Waals surface area contributed by atoms with E-state index in [2.05, 4.69) is 36.5 Å². The van der Waals surface area contributed by atoms with E-state index < -0.39 is 0 Å². The highest BCUT2D eigenvalue weighted by Crippen LogP contribution is 2.10. The van der Waals surface area contributed by atoms with Gasteiger partial charge in [0, 0.05) is 19.6 Å². The molecule has 1 aromatic rings. The Hall–Kier alpha value is -1.35. The summed E-state index contributed by atoms with van der Waals surface area (Å²) in [4.78, 5) is 13.8. The summed E-state index contributed by atoms with van der Waals surface area (Å²) < 4.78 is 0. The first kappa shape index (κ1) is 12.1. The van der Waals surface area contributed by atoms with Crippen molar-refractivity contribution in [1.82, 2.24) is 10.2 Å². The molecule has 0 spiro atoms. The van der Waals surface area contributed by atoms with E-state index in [9.17, 15) is 4.79 Å². The number of amides is 1. The van der Waals surface area contributed by atoms with E-state index in [1.54, 1.807) is 0 Å². The average molecular weight is 232 g/mol. The fourth-order valence-electron chi connectivity index (χ4n) is 2.15. The molecule has 0 aliphatic carbocycles. The lowest BCUT2D eigenvalue weighted by Gasteiger charge is -2.31. The molecule has 1 aliphatic heterocycles. The van der Waals surface area contributed by atoms with Crippen LogP contribution in [0.2, 0.25) is 0 Å². The van der Waals surface area contributed by atoms with Crippen molar-refractivity contribution in [2.75, 3.05) is 13.1 Å². The molecule has 0 aromatic heterocycles. The standard InChI is InChI=1S/C14H20N2O/c1-3-12-4-6-13(7-5-12)10-16-9-8-15-11(2)14(16)17/h4-7,11,15H,3,8-10H2,1-2H3. The number of hydrogen-bond acceptors (Lipinski definition) is 2. The molecule has 1 saturated heterocycles. The van der Waals surface area contributed by atoms with Crippen molar-refractivity contribution in [1.29, 1.82) is 0 Å². The van der Waals surface area contributed by atoms with Crippen molar-refractivity contribution in [3.8, 4) is 0 Å². The maximum Gasteiger partial charge on any atom is 0.239 e. The first-order valence-corrected chi connectivity index (χ1v) is 6.30. The molecule has 1 aliphatic rings. The maximum absolute atomic E-state index is 11.9. The lowest BCUT2D eigenvalue weighted by atomic mass is 10.1. The van der Waals surface area contributed by atoms with Gasteiger partial charge in [-0.05, 0) is 24.5 Å². The quantitative estimate of drug-likeness (QED) is 0.858. The molecule has 1 aromatic carbocycles. The molecule has 1 atom stereocenters. The fourth-order valence-corrected chi connectivity index (χ4v) is 2.15. The van der Waals surface area contributed by atoms with Gasteiger partial charge in [0.05, 0.1) is 6.04 Å². The third-order valence-corrected chi connectivity index (χ3v) is 3.32. The Morgan fingerprint density at radius 1 is 1.29 bits per heavy atom. The van der Waals surface area contributed by atoms with Crippen molar-refractivity contribution in [2.24, 2.45) is 0 Å². The molecular formula is C14H20N2O. The predicted octanol–water partition coefficient (Wildman–Crippen LogP) is 1.57. The third kappa shape index (κ3) is 2.86. The van der Waals surface area contributed by atoms with Crippen LogP contribution in [0.4, 0.5) is 0 Å². The molecule has 2 rings (SSSR count). The number of nitrogens with one attached hydrogen (secondary N) is 1. The van der Waals surface area contributed by atoms with Crippen molar-refractivity contribution >= 4 is 5.91 Å². The van der Waals surface area contributed by atoms with E-state index in [1.165, 1.54) is 11.1 Å². The zero-order valence-corrected chi connectivity index (χ0v) is 10.6. The molecule has 0 bridgehead atoms. The van der Waals surface area contributed by atoms with Gasteiger partial charge >= 0.3 is 0 Å². The van der Waals surface area contributed by atoms with Crippen molar-refractivity contribution < 1.29 is 4.79 Å². The van der Waals surface area contributed by atoms with Gasteiger partial charge in [0.25, 0.3) is 0 Å². The van der Waals surface area contributed by atoms with Gasteiger partial charge in [-0.3, -0.25) is 4.79 Å². The summed E-state index contributed by atoms with van der Waals surface area (Å²) in [6.07, 6.45) is 1.06. The van der Waals surface area contributed by atoms with Crippen LogP contribution >= 0.6 is 0 Å². The predicted molar refractivity (Wildman–Crippen MR) is 68.7 cm³/mol. The van der Waals surface area contributed by atoms with E-state index in [1.807, 2.05) is 11.8 Å². The van der Waals surface area contributed by atoms with Crippen LogP contribution in [0.5, 0.6) is 0 Å². The van der Waals surface area contributed by atoms with E-state index in [0.29, 0.717) is 0 Å². The first-order chi connectivity index (χ1) is 8.20. The molecule has 1 amide bonds. The molecule has 1 heterocycles. The SMILES string of the molecule is CCc1ccc(CN2CCNC(C)C2=O)cc1. The van der Waals surface area contributed by atoms with E-state index in [0.717, 1.165) is 26.1 Å². The smallest absolute Gasteiger partial charge is 0.239 e. The fraction of sp³-hybridized carbons (Fsp3) is 0.500. The number of benzene rings is 1. The summed E-state index contributed by atoms with van der Waals surface area (Å²) >= 11 is 0. The topological polar surface area (TPSA) is 32.3 Å². The number of carbonyl (C=O) groups excluding carboxylic acids is 1. The summed E-state index contributed by atoms with van der Waals surface area (Å²) in [5.74, 6) is 0.204. The van der Waals surface area contributed by atoms with Crippen LogP contribution in [0.25, 0.3) is 0 Å². The lowest BCUT2D eigenvalue weighted by Crippen LogP contribution is -2.53. The van der Waals surface area contributed by atoms with Crippen LogP contribution in [0.15, 0.2) is 24.3 Å². The number of rotatable bonds is 3. The Kier molecular flexibility index (Phi) is 3.79. The van der Waals surface area contributed by atoms with Gasteiger partial charge in [0.15, 0.2) is 0 Å². The summed E-state index contributed by atoms with van der Waals surface area (Å²) in [7, 11) is 0. The Labute approximate surface area is 103 Å². The molecule has 0 saturated carbocycles. The minimum Gasteiger partial charge on any atom is -0.336 e. The molecule has 0 radical (unpaired) electrons. The molecule has 1 N–H and O–H groups in total.